The number of nitrogens with one attached hydrogen (secondary N) is 2. The van der Waals surface area contributed by atoms with Crippen molar-refractivity contribution in [3.8, 4) is 0 Å². The molecule has 0 heterocycles. The lowest BCUT2D eigenvalue weighted by atomic mass is 10.3. The fourth-order valence-electron chi connectivity index (χ4n) is 0.667. The van der Waals surface area contributed by atoms with E-state index in [0.717, 1.165) is 10.2 Å². The minimum absolute atomic E-state index is 0.613. The van der Waals surface area contributed by atoms with Gasteiger partial charge in [-0.1, -0.05) is 15.9 Å². The van der Waals surface area contributed by atoms with Crippen molar-refractivity contribution < 1.29 is 4.79 Å². The van der Waals surface area contributed by atoms with Gasteiger partial charge in [0, 0.05) is 4.47 Å². The molecule has 0 aromatic heterocycles. The molecular weight excluding hydrogens is 222 g/mol. The molecule has 0 atom stereocenters. The summed E-state index contributed by atoms with van der Waals surface area (Å²) in [6.45, 7) is 0. The molecule has 0 saturated carbocycles. The molecule has 1 aromatic carbocycles. The second-order valence-electron chi connectivity index (χ2n) is 2.12. The normalized spacial score (nSPS) is 9.08. The number of carbonyl (C=O) groups is 1. The van der Waals surface area contributed by atoms with Gasteiger partial charge in [0.2, 0.25) is 0 Å². The highest BCUT2D eigenvalue weighted by atomic mass is 79.9. The Morgan fingerprint density at radius 1 is 1.33 bits per heavy atom. The molecule has 0 spiro atoms. The Morgan fingerprint density at radius 3 is 2.42 bits per heavy atom. The first-order chi connectivity index (χ1) is 5.68. The fourth-order valence-corrected chi connectivity index (χ4v) is 0.931. The number of nitrogens with two attached hydrogens (primary N) is 1. The van der Waals surface area contributed by atoms with Crippen molar-refractivity contribution in [1.82, 2.24) is 5.43 Å². The minimum atomic E-state index is -0.613. The quantitative estimate of drug-likeness (QED) is 0.673. The largest absolute Gasteiger partial charge is 0.350 e. The van der Waals surface area contributed by atoms with Gasteiger partial charge in [0.05, 0.1) is 5.69 Å². The standard InChI is InChI=1S/C7H8BrN3O/c8-5-1-3-6(4-2-5)10-11-7(9)12/h1-4,10H,(H3,9,11,12). The van der Waals surface area contributed by atoms with Crippen LogP contribution >= 0.6 is 15.9 Å². The third kappa shape index (κ3) is 2.79. The van der Waals surface area contributed by atoms with Crippen LogP contribution in [0.15, 0.2) is 28.7 Å². The molecule has 4 N–H and O–H groups in total. The van der Waals surface area contributed by atoms with Gasteiger partial charge >= 0.3 is 6.03 Å². The van der Waals surface area contributed by atoms with E-state index in [-0.39, 0.29) is 0 Å². The summed E-state index contributed by atoms with van der Waals surface area (Å²) in [7, 11) is 0. The van der Waals surface area contributed by atoms with Crippen molar-refractivity contribution in [2.75, 3.05) is 5.43 Å². The number of hydrazine groups is 1. The van der Waals surface area contributed by atoms with Crippen LogP contribution in [0.2, 0.25) is 0 Å². The number of hydrogen-bond acceptors (Lipinski definition) is 2. The van der Waals surface area contributed by atoms with Crippen LogP contribution in [0.25, 0.3) is 0 Å². The van der Waals surface area contributed by atoms with Crippen LogP contribution in [0.3, 0.4) is 0 Å². The van der Waals surface area contributed by atoms with Gasteiger partial charge in [0.25, 0.3) is 0 Å². The zero-order valence-electron chi connectivity index (χ0n) is 6.17. The predicted octanol–water partition coefficient (Wildman–Crippen LogP) is 1.44. The van der Waals surface area contributed by atoms with E-state index in [1.165, 1.54) is 0 Å². The summed E-state index contributed by atoms with van der Waals surface area (Å²) in [4.78, 5) is 10.3. The van der Waals surface area contributed by atoms with Gasteiger partial charge in [-0.3, -0.25) is 10.9 Å². The van der Waals surface area contributed by atoms with Gasteiger partial charge in [-0.15, -0.1) is 0 Å². The van der Waals surface area contributed by atoms with Crippen LogP contribution in [-0.4, -0.2) is 6.03 Å². The third-order valence-corrected chi connectivity index (χ3v) is 1.70. The van der Waals surface area contributed by atoms with E-state index in [0.29, 0.717) is 0 Å². The number of carbonyl (C=O) groups excluding carboxylic acids is 1. The zero-order valence-corrected chi connectivity index (χ0v) is 7.76. The number of amides is 2. The molecule has 12 heavy (non-hydrogen) atoms. The molecule has 0 aliphatic rings. The summed E-state index contributed by atoms with van der Waals surface area (Å²) in [5.74, 6) is 0. The lowest BCUT2D eigenvalue weighted by Gasteiger charge is -2.04. The first-order valence-electron chi connectivity index (χ1n) is 3.25. The smallest absolute Gasteiger partial charge is 0.330 e. The summed E-state index contributed by atoms with van der Waals surface area (Å²) in [5, 5.41) is 0. The maximum Gasteiger partial charge on any atom is 0.330 e. The average Bonchev–Trinajstić information content (AvgIpc) is 2.03. The Balaban J connectivity index is 2.53. The van der Waals surface area contributed by atoms with Gasteiger partial charge in [-0.25, -0.2) is 4.79 Å². The number of anilines is 1. The number of urea groups is 1. The molecule has 1 rings (SSSR count). The van der Waals surface area contributed by atoms with E-state index in [1.54, 1.807) is 12.1 Å². The number of halogens is 1. The molecule has 0 unspecified atom stereocenters. The van der Waals surface area contributed by atoms with Crippen LogP contribution in [-0.2, 0) is 0 Å². The Morgan fingerprint density at radius 2 is 1.92 bits per heavy atom. The molecule has 0 radical (unpaired) electrons. The molecule has 0 fully saturated rings. The van der Waals surface area contributed by atoms with Crippen LogP contribution in [0.5, 0.6) is 0 Å². The maximum atomic E-state index is 10.3. The Bertz CT molecular complexity index is 272. The van der Waals surface area contributed by atoms with E-state index in [2.05, 4.69) is 26.8 Å². The van der Waals surface area contributed by atoms with Crippen molar-refractivity contribution in [1.29, 1.82) is 0 Å². The van der Waals surface area contributed by atoms with Crippen molar-refractivity contribution in [3.63, 3.8) is 0 Å². The molecule has 64 valence electrons. The van der Waals surface area contributed by atoms with E-state index >= 15 is 0 Å². The Hall–Kier alpha value is -1.23. The van der Waals surface area contributed by atoms with Crippen LogP contribution in [0.4, 0.5) is 10.5 Å². The molecule has 2 amide bonds. The van der Waals surface area contributed by atoms with Crippen LogP contribution < -0.4 is 16.6 Å². The molecule has 4 nitrogen and oxygen atoms in total. The molecular formula is C7H8BrN3O. The van der Waals surface area contributed by atoms with E-state index < -0.39 is 6.03 Å². The topological polar surface area (TPSA) is 67.2 Å². The molecule has 0 bridgehead atoms. The molecule has 0 aliphatic heterocycles. The van der Waals surface area contributed by atoms with Crippen molar-refractivity contribution in [2.45, 2.75) is 0 Å². The molecule has 0 aliphatic carbocycles. The number of primary amides is 1. The summed E-state index contributed by atoms with van der Waals surface area (Å²) in [6.07, 6.45) is 0. The number of rotatable bonds is 2. The summed E-state index contributed by atoms with van der Waals surface area (Å²) in [6, 6.07) is 6.70. The molecule has 0 saturated heterocycles. The highest BCUT2D eigenvalue weighted by Gasteiger charge is 1.91. The second kappa shape index (κ2) is 3.96. The van der Waals surface area contributed by atoms with Gasteiger partial charge in [-0.2, -0.15) is 0 Å². The van der Waals surface area contributed by atoms with Crippen molar-refractivity contribution in [3.05, 3.63) is 28.7 Å². The van der Waals surface area contributed by atoms with Crippen molar-refractivity contribution in [2.24, 2.45) is 5.73 Å². The van der Waals surface area contributed by atoms with Crippen LogP contribution in [0.1, 0.15) is 0 Å². The first-order valence-corrected chi connectivity index (χ1v) is 4.05. The lowest BCUT2D eigenvalue weighted by molar-refractivity contribution is 0.250. The minimum Gasteiger partial charge on any atom is -0.350 e. The van der Waals surface area contributed by atoms with E-state index in [9.17, 15) is 4.79 Å². The van der Waals surface area contributed by atoms with Crippen LogP contribution in [0, 0.1) is 0 Å². The predicted molar refractivity (Wildman–Crippen MR) is 50.5 cm³/mol. The number of hydrogen-bond donors (Lipinski definition) is 3. The highest BCUT2D eigenvalue weighted by molar-refractivity contribution is 9.10. The van der Waals surface area contributed by atoms with Crippen molar-refractivity contribution >= 4 is 27.6 Å². The van der Waals surface area contributed by atoms with Gasteiger partial charge in [-0.05, 0) is 24.3 Å². The summed E-state index contributed by atoms with van der Waals surface area (Å²) < 4.78 is 0.979. The van der Waals surface area contributed by atoms with E-state index in [4.69, 9.17) is 5.73 Å². The highest BCUT2D eigenvalue weighted by Crippen LogP contribution is 2.12. The van der Waals surface area contributed by atoms with Gasteiger partial charge in [0.1, 0.15) is 0 Å². The monoisotopic (exact) mass is 229 g/mol. The molecule has 1 aromatic rings. The summed E-state index contributed by atoms with van der Waals surface area (Å²) in [5.41, 5.74) is 10.5. The number of benzene rings is 1. The van der Waals surface area contributed by atoms with Gasteiger partial charge in [0.15, 0.2) is 0 Å². The average molecular weight is 230 g/mol. The lowest BCUT2D eigenvalue weighted by Crippen LogP contribution is -2.34. The second-order valence-corrected chi connectivity index (χ2v) is 3.04. The molecule has 5 heteroatoms. The Labute approximate surface area is 78.2 Å². The fraction of sp³-hybridized carbons (Fsp3) is 0. The first kappa shape index (κ1) is 8.86. The Kier molecular flexibility index (Phi) is 2.93. The van der Waals surface area contributed by atoms with Gasteiger partial charge < -0.3 is 5.73 Å². The van der Waals surface area contributed by atoms with E-state index in [1.807, 2.05) is 12.1 Å². The maximum absolute atomic E-state index is 10.3. The SMILES string of the molecule is NC(=O)NNc1ccc(Br)cc1. The third-order valence-electron chi connectivity index (χ3n) is 1.17. The summed E-state index contributed by atoms with van der Waals surface area (Å²) >= 11 is 3.29. The zero-order chi connectivity index (χ0) is 8.97.